The smallest absolute Gasteiger partial charge is 0.0440 e. The highest BCUT2D eigenvalue weighted by Gasteiger charge is 2.09. The molecule has 0 fully saturated rings. The minimum absolute atomic E-state index is 0.941. The van der Waals surface area contributed by atoms with E-state index in [4.69, 9.17) is 0 Å². The molecule has 0 nitrogen and oxygen atoms in total. The van der Waals surface area contributed by atoms with Crippen LogP contribution in [0.3, 0.4) is 0 Å². The summed E-state index contributed by atoms with van der Waals surface area (Å²) in [5, 5.41) is 0. The van der Waals surface area contributed by atoms with Gasteiger partial charge in [-0.3, -0.25) is 0 Å². The summed E-state index contributed by atoms with van der Waals surface area (Å²) in [4.78, 5) is 0. The van der Waals surface area contributed by atoms with Crippen LogP contribution in [-0.2, 0) is 0 Å². The fourth-order valence-corrected chi connectivity index (χ4v) is 4.59. The van der Waals surface area contributed by atoms with Gasteiger partial charge in [-0.2, -0.15) is 0 Å². The van der Waals surface area contributed by atoms with Gasteiger partial charge in [0, 0.05) is 0 Å². The van der Waals surface area contributed by atoms with E-state index >= 15 is 0 Å². The number of unbranched alkanes of at least 4 members (excludes halogenated alkanes) is 11. The van der Waals surface area contributed by atoms with Gasteiger partial charge in [-0.1, -0.05) is 150 Å². The van der Waals surface area contributed by atoms with Crippen LogP contribution in [0.5, 0.6) is 0 Å². The van der Waals surface area contributed by atoms with E-state index in [1.807, 2.05) is 0 Å². The van der Waals surface area contributed by atoms with E-state index in [-0.39, 0.29) is 0 Å². The minimum atomic E-state index is 0.941. The number of rotatable bonds is 21. The van der Waals surface area contributed by atoms with Gasteiger partial charge in [-0.25, -0.2) is 0 Å². The van der Waals surface area contributed by atoms with Gasteiger partial charge in [0.05, 0.1) is 0 Å². The molecule has 0 spiro atoms. The summed E-state index contributed by atoms with van der Waals surface area (Å²) >= 11 is 0. The van der Waals surface area contributed by atoms with E-state index in [2.05, 4.69) is 34.6 Å². The lowest BCUT2D eigenvalue weighted by Gasteiger charge is -2.17. The maximum absolute atomic E-state index is 2.50. The third-order valence-corrected chi connectivity index (χ3v) is 6.55. The van der Waals surface area contributed by atoms with Gasteiger partial charge < -0.3 is 0 Å². The molecule has 0 aliphatic heterocycles. The van der Waals surface area contributed by atoms with Crippen LogP contribution in [0.4, 0.5) is 0 Å². The molecule has 0 aromatic carbocycles. The summed E-state index contributed by atoms with van der Waals surface area (Å²) in [6.07, 6.45) is 27.6. The summed E-state index contributed by atoms with van der Waals surface area (Å²) in [6, 6.07) is 0. The molecule has 0 amide bonds. The van der Waals surface area contributed by atoms with Crippen molar-refractivity contribution in [2.75, 3.05) is 0 Å². The second-order valence-corrected chi connectivity index (χ2v) is 9.95. The van der Waals surface area contributed by atoms with Gasteiger partial charge >= 0.3 is 0 Å². The van der Waals surface area contributed by atoms with Crippen molar-refractivity contribution in [1.29, 1.82) is 0 Å². The Hall–Kier alpha value is 0. The predicted molar refractivity (Wildman–Crippen MR) is 127 cm³/mol. The van der Waals surface area contributed by atoms with Crippen molar-refractivity contribution >= 4 is 0 Å². The molecule has 0 N–H and O–H groups in total. The molecular weight excluding hydrogens is 324 g/mol. The molecule has 0 aliphatic rings. The van der Waals surface area contributed by atoms with Gasteiger partial charge in [0.25, 0.3) is 0 Å². The van der Waals surface area contributed by atoms with Crippen LogP contribution in [0.25, 0.3) is 0 Å². The average molecular weight is 381 g/mol. The monoisotopic (exact) mass is 380 g/mol. The molecule has 3 atom stereocenters. The second-order valence-electron chi connectivity index (χ2n) is 9.95. The third-order valence-electron chi connectivity index (χ3n) is 6.55. The molecule has 0 aromatic rings. The van der Waals surface area contributed by atoms with Crippen molar-refractivity contribution < 1.29 is 0 Å². The first-order valence-corrected chi connectivity index (χ1v) is 13.1. The van der Waals surface area contributed by atoms with Gasteiger partial charge in [-0.15, -0.1) is 0 Å². The fourth-order valence-electron chi connectivity index (χ4n) is 4.59. The molecule has 164 valence electrons. The zero-order valence-corrected chi connectivity index (χ0v) is 20.2. The van der Waals surface area contributed by atoms with Crippen LogP contribution in [0.2, 0.25) is 0 Å². The zero-order chi connectivity index (χ0) is 20.2. The van der Waals surface area contributed by atoms with E-state index < -0.39 is 0 Å². The largest absolute Gasteiger partial charge is 0.0654 e. The van der Waals surface area contributed by atoms with Gasteiger partial charge in [0.1, 0.15) is 0 Å². The first-order valence-electron chi connectivity index (χ1n) is 13.1. The molecule has 0 saturated carbocycles. The summed E-state index contributed by atoms with van der Waals surface area (Å²) in [5.41, 5.74) is 0. The van der Waals surface area contributed by atoms with Crippen LogP contribution in [-0.4, -0.2) is 0 Å². The van der Waals surface area contributed by atoms with Crippen LogP contribution >= 0.6 is 0 Å². The Morgan fingerprint density at radius 3 is 1.19 bits per heavy atom. The van der Waals surface area contributed by atoms with Gasteiger partial charge in [-0.05, 0) is 24.2 Å². The normalized spacial score (nSPS) is 15.0. The topological polar surface area (TPSA) is 0 Å². The maximum Gasteiger partial charge on any atom is -0.0440 e. The first-order chi connectivity index (χ1) is 13.1. The number of hydrogen-bond acceptors (Lipinski definition) is 0. The molecule has 0 aliphatic carbocycles. The Balaban J connectivity index is 3.39. The van der Waals surface area contributed by atoms with E-state index in [1.165, 1.54) is 122 Å². The lowest BCUT2D eigenvalue weighted by molar-refractivity contribution is 0.353. The summed E-state index contributed by atoms with van der Waals surface area (Å²) < 4.78 is 0. The van der Waals surface area contributed by atoms with E-state index in [0.29, 0.717) is 0 Å². The Bertz CT molecular complexity index is 269. The molecule has 0 heteroatoms. The van der Waals surface area contributed by atoms with Gasteiger partial charge in [0.15, 0.2) is 0 Å². The average Bonchev–Trinajstić information content (AvgIpc) is 2.64. The van der Waals surface area contributed by atoms with Crippen molar-refractivity contribution in [3.05, 3.63) is 0 Å². The van der Waals surface area contributed by atoms with Crippen molar-refractivity contribution in [3.8, 4) is 0 Å². The van der Waals surface area contributed by atoms with Crippen LogP contribution in [0, 0.1) is 17.8 Å². The molecule has 0 bridgehead atoms. The first kappa shape index (κ1) is 27.0. The SMILES string of the molecule is CCCCCCCCCCCC(C)CC(C)CCCCCC(C)CCCC. The lowest BCUT2D eigenvalue weighted by Crippen LogP contribution is -2.04. The standard InChI is InChI=1S/C27H56/c1-6-8-10-11-12-13-14-15-17-22-26(4)24-27(5)23-19-16-18-21-25(3)20-9-7-2/h25-27H,6-24H2,1-5H3. The summed E-state index contributed by atoms with van der Waals surface area (Å²) in [5.74, 6) is 2.84. The maximum atomic E-state index is 2.50. The molecule has 3 unspecified atom stereocenters. The van der Waals surface area contributed by atoms with Crippen LogP contribution in [0.1, 0.15) is 157 Å². The highest BCUT2D eigenvalue weighted by molar-refractivity contribution is 4.62. The van der Waals surface area contributed by atoms with E-state index in [1.54, 1.807) is 0 Å². The highest BCUT2D eigenvalue weighted by atomic mass is 14.1. The molecule has 0 saturated heterocycles. The van der Waals surface area contributed by atoms with Crippen LogP contribution < -0.4 is 0 Å². The molecule has 0 radical (unpaired) electrons. The molecule has 0 heterocycles. The highest BCUT2D eigenvalue weighted by Crippen LogP contribution is 2.23. The summed E-state index contributed by atoms with van der Waals surface area (Å²) in [7, 11) is 0. The van der Waals surface area contributed by atoms with E-state index in [0.717, 1.165) is 17.8 Å². The van der Waals surface area contributed by atoms with Crippen molar-refractivity contribution in [1.82, 2.24) is 0 Å². The van der Waals surface area contributed by atoms with Crippen LogP contribution in [0.15, 0.2) is 0 Å². The predicted octanol–water partition coefficient (Wildman–Crippen LogP) is 10.3. The molecule has 0 aromatic heterocycles. The van der Waals surface area contributed by atoms with Crippen molar-refractivity contribution in [3.63, 3.8) is 0 Å². The number of hydrogen-bond donors (Lipinski definition) is 0. The Morgan fingerprint density at radius 2 is 0.704 bits per heavy atom. The Morgan fingerprint density at radius 1 is 0.370 bits per heavy atom. The minimum Gasteiger partial charge on any atom is -0.0654 e. The molecule has 27 heavy (non-hydrogen) atoms. The van der Waals surface area contributed by atoms with E-state index in [9.17, 15) is 0 Å². The molecular formula is C27H56. The third kappa shape index (κ3) is 20.5. The summed E-state index contributed by atoms with van der Waals surface area (Å²) in [6.45, 7) is 12.1. The quantitative estimate of drug-likeness (QED) is 0.174. The fraction of sp³-hybridized carbons (Fsp3) is 1.00. The van der Waals surface area contributed by atoms with Crippen molar-refractivity contribution in [2.24, 2.45) is 17.8 Å². The Kier molecular flexibility index (Phi) is 20.7. The lowest BCUT2D eigenvalue weighted by atomic mass is 9.89. The Labute approximate surface area is 174 Å². The molecule has 0 rings (SSSR count). The van der Waals surface area contributed by atoms with Gasteiger partial charge in [0.2, 0.25) is 0 Å². The zero-order valence-electron chi connectivity index (χ0n) is 20.2. The van der Waals surface area contributed by atoms with Crippen molar-refractivity contribution in [2.45, 2.75) is 157 Å². The second kappa shape index (κ2) is 20.7.